The minimum atomic E-state index is -0.264. The van der Waals surface area contributed by atoms with Crippen molar-refractivity contribution in [3.05, 3.63) is 58.7 Å². The molecule has 3 aromatic rings. The zero-order valence-corrected chi connectivity index (χ0v) is 15.8. The van der Waals surface area contributed by atoms with Crippen LogP contribution in [0.3, 0.4) is 0 Å². The van der Waals surface area contributed by atoms with E-state index in [4.69, 9.17) is 0 Å². The van der Waals surface area contributed by atoms with E-state index >= 15 is 0 Å². The molecule has 0 atom stereocenters. The average Bonchev–Trinajstić information content (AvgIpc) is 3.24. The molecule has 1 aromatic carbocycles. The minimum Gasteiger partial charge on any atom is -0.351 e. The molecular weight excluding hydrogens is 363 g/mol. The highest BCUT2D eigenvalue weighted by molar-refractivity contribution is 7.17. The van der Waals surface area contributed by atoms with Crippen LogP contribution in [-0.2, 0) is 19.4 Å². The van der Waals surface area contributed by atoms with E-state index in [1.807, 2.05) is 12.1 Å². The summed E-state index contributed by atoms with van der Waals surface area (Å²) in [4.78, 5) is 14.0. The normalized spacial score (nSPS) is 13.8. The number of carbonyl (C=O) groups excluding carboxylic acids is 1. The van der Waals surface area contributed by atoms with E-state index in [0.717, 1.165) is 41.5 Å². The van der Waals surface area contributed by atoms with Crippen LogP contribution in [0.2, 0.25) is 0 Å². The second kappa shape index (κ2) is 8.00. The molecule has 0 aliphatic carbocycles. The van der Waals surface area contributed by atoms with Gasteiger partial charge in [0.15, 0.2) is 0 Å². The number of hydrogen-bond acceptors (Lipinski definition) is 4. The maximum atomic E-state index is 13.0. The summed E-state index contributed by atoms with van der Waals surface area (Å²) in [7, 11) is 0. The second-order valence-corrected chi connectivity index (χ2v) is 7.76. The molecule has 0 radical (unpaired) electrons. The predicted octanol–water partition coefficient (Wildman–Crippen LogP) is 3.84. The number of carbonyl (C=O) groups is 1. The molecule has 4 rings (SSSR count). The van der Waals surface area contributed by atoms with Gasteiger partial charge in [-0.05, 0) is 42.7 Å². The highest BCUT2D eigenvalue weighted by atomic mass is 32.1. The van der Waals surface area contributed by atoms with Crippen LogP contribution in [0.4, 0.5) is 4.39 Å². The standard InChI is InChI=1S/C20H21FN4OS/c21-15-7-5-14(6-8-15)16-9-10-17(27-16)20(26)22-12-11-19-24-23-18-4-2-1-3-13-25(18)19/h5-10H,1-4,11-13H2,(H,22,26). The van der Waals surface area contributed by atoms with Crippen molar-refractivity contribution >= 4 is 17.2 Å². The lowest BCUT2D eigenvalue weighted by molar-refractivity contribution is 0.0958. The maximum Gasteiger partial charge on any atom is 0.261 e. The summed E-state index contributed by atoms with van der Waals surface area (Å²) in [6.07, 6.45) is 5.22. The van der Waals surface area contributed by atoms with Crippen LogP contribution in [0.25, 0.3) is 10.4 Å². The number of benzene rings is 1. The number of amides is 1. The number of halogens is 1. The lowest BCUT2D eigenvalue weighted by Gasteiger charge is -2.07. The van der Waals surface area contributed by atoms with Gasteiger partial charge < -0.3 is 9.88 Å². The quantitative estimate of drug-likeness (QED) is 0.727. The van der Waals surface area contributed by atoms with Crippen LogP contribution < -0.4 is 5.32 Å². The Balaban J connectivity index is 1.35. The summed E-state index contributed by atoms with van der Waals surface area (Å²) in [5.74, 6) is 1.66. The Morgan fingerprint density at radius 3 is 2.81 bits per heavy atom. The Kier molecular flexibility index (Phi) is 5.29. The molecule has 0 fully saturated rings. The average molecular weight is 384 g/mol. The van der Waals surface area contributed by atoms with Gasteiger partial charge >= 0.3 is 0 Å². The predicted molar refractivity (Wildman–Crippen MR) is 103 cm³/mol. The lowest BCUT2D eigenvalue weighted by Crippen LogP contribution is -2.25. The van der Waals surface area contributed by atoms with E-state index in [0.29, 0.717) is 17.8 Å². The van der Waals surface area contributed by atoms with E-state index in [9.17, 15) is 9.18 Å². The SMILES string of the molecule is O=C(NCCc1nnc2n1CCCCC2)c1ccc(-c2ccc(F)cc2)s1. The summed E-state index contributed by atoms with van der Waals surface area (Å²) in [6.45, 7) is 1.50. The van der Waals surface area contributed by atoms with Gasteiger partial charge in [0.05, 0.1) is 4.88 Å². The van der Waals surface area contributed by atoms with Crippen molar-refractivity contribution < 1.29 is 9.18 Å². The smallest absolute Gasteiger partial charge is 0.261 e. The number of nitrogens with one attached hydrogen (secondary N) is 1. The molecule has 0 spiro atoms. The van der Waals surface area contributed by atoms with Gasteiger partial charge in [0.25, 0.3) is 5.91 Å². The van der Waals surface area contributed by atoms with Gasteiger partial charge in [-0.1, -0.05) is 18.6 Å². The summed E-state index contributed by atoms with van der Waals surface area (Å²) in [5, 5.41) is 11.5. The zero-order chi connectivity index (χ0) is 18.6. The molecule has 140 valence electrons. The Labute approximate surface area is 161 Å². The van der Waals surface area contributed by atoms with E-state index < -0.39 is 0 Å². The van der Waals surface area contributed by atoms with E-state index in [2.05, 4.69) is 20.1 Å². The number of hydrogen-bond donors (Lipinski definition) is 1. The van der Waals surface area contributed by atoms with Crippen LogP contribution in [0.1, 0.15) is 40.6 Å². The molecule has 0 unspecified atom stereocenters. The van der Waals surface area contributed by atoms with Crippen molar-refractivity contribution in [2.24, 2.45) is 0 Å². The van der Waals surface area contributed by atoms with Crippen LogP contribution in [-0.4, -0.2) is 27.2 Å². The Morgan fingerprint density at radius 1 is 1.11 bits per heavy atom. The summed E-state index contributed by atoms with van der Waals surface area (Å²) < 4.78 is 15.3. The van der Waals surface area contributed by atoms with Crippen molar-refractivity contribution in [1.82, 2.24) is 20.1 Å². The summed E-state index contributed by atoms with van der Waals surface area (Å²) >= 11 is 1.41. The number of rotatable bonds is 5. The number of aromatic nitrogens is 3. The number of nitrogens with zero attached hydrogens (tertiary/aromatic N) is 3. The van der Waals surface area contributed by atoms with Gasteiger partial charge in [-0.25, -0.2) is 4.39 Å². The highest BCUT2D eigenvalue weighted by Gasteiger charge is 2.15. The van der Waals surface area contributed by atoms with E-state index in [1.165, 1.54) is 36.3 Å². The molecule has 7 heteroatoms. The van der Waals surface area contributed by atoms with Crippen molar-refractivity contribution in [1.29, 1.82) is 0 Å². The molecule has 0 saturated carbocycles. The summed E-state index contributed by atoms with van der Waals surface area (Å²) in [5.41, 5.74) is 0.909. The van der Waals surface area contributed by atoms with Crippen molar-refractivity contribution in [2.45, 2.75) is 38.6 Å². The molecule has 2 aromatic heterocycles. The lowest BCUT2D eigenvalue weighted by atomic mass is 10.2. The topological polar surface area (TPSA) is 59.8 Å². The van der Waals surface area contributed by atoms with E-state index in [1.54, 1.807) is 12.1 Å². The van der Waals surface area contributed by atoms with Gasteiger partial charge in [0, 0.05) is 30.8 Å². The Bertz CT molecular complexity index is 932. The molecule has 0 saturated heterocycles. The molecule has 1 aliphatic heterocycles. The first kappa shape index (κ1) is 17.9. The van der Waals surface area contributed by atoms with Crippen LogP contribution in [0.5, 0.6) is 0 Å². The van der Waals surface area contributed by atoms with Crippen molar-refractivity contribution in [3.63, 3.8) is 0 Å². The molecular formula is C20H21FN4OS. The van der Waals surface area contributed by atoms with Crippen LogP contribution >= 0.6 is 11.3 Å². The van der Waals surface area contributed by atoms with Crippen LogP contribution in [0, 0.1) is 5.82 Å². The molecule has 5 nitrogen and oxygen atoms in total. The van der Waals surface area contributed by atoms with Crippen molar-refractivity contribution in [3.8, 4) is 10.4 Å². The number of aryl methyl sites for hydroxylation is 1. The first-order chi connectivity index (χ1) is 13.2. The van der Waals surface area contributed by atoms with Gasteiger partial charge in [0.2, 0.25) is 0 Å². The third-order valence-corrected chi connectivity index (χ3v) is 5.91. The molecule has 1 aliphatic rings. The molecule has 0 bridgehead atoms. The molecule has 27 heavy (non-hydrogen) atoms. The largest absolute Gasteiger partial charge is 0.351 e. The van der Waals surface area contributed by atoms with Crippen LogP contribution in [0.15, 0.2) is 36.4 Å². The number of fused-ring (bicyclic) bond motifs is 1. The monoisotopic (exact) mass is 384 g/mol. The van der Waals surface area contributed by atoms with Gasteiger partial charge in [0.1, 0.15) is 17.5 Å². The third-order valence-electron chi connectivity index (χ3n) is 4.78. The van der Waals surface area contributed by atoms with E-state index in [-0.39, 0.29) is 11.7 Å². The van der Waals surface area contributed by atoms with Gasteiger partial charge in [-0.3, -0.25) is 4.79 Å². The van der Waals surface area contributed by atoms with Gasteiger partial charge in [-0.2, -0.15) is 0 Å². The van der Waals surface area contributed by atoms with Crippen molar-refractivity contribution in [2.75, 3.05) is 6.54 Å². The summed E-state index contributed by atoms with van der Waals surface area (Å²) in [6, 6.07) is 10.00. The fraction of sp³-hybridized carbons (Fsp3) is 0.350. The molecule has 1 amide bonds. The third kappa shape index (κ3) is 4.08. The van der Waals surface area contributed by atoms with Gasteiger partial charge in [-0.15, -0.1) is 21.5 Å². The Hall–Kier alpha value is -2.54. The maximum absolute atomic E-state index is 13.0. The molecule has 3 heterocycles. The fourth-order valence-corrected chi connectivity index (χ4v) is 4.26. The Morgan fingerprint density at radius 2 is 1.96 bits per heavy atom. The fourth-order valence-electron chi connectivity index (χ4n) is 3.33. The second-order valence-electron chi connectivity index (χ2n) is 6.67. The number of thiophene rings is 1. The molecule has 1 N–H and O–H groups in total. The highest BCUT2D eigenvalue weighted by Crippen LogP contribution is 2.28. The zero-order valence-electron chi connectivity index (χ0n) is 14.9. The first-order valence-electron chi connectivity index (χ1n) is 9.25. The first-order valence-corrected chi connectivity index (χ1v) is 10.1. The minimum absolute atomic E-state index is 0.0935.